The quantitative estimate of drug-likeness (QED) is 0.403. The van der Waals surface area contributed by atoms with Gasteiger partial charge in [-0.25, -0.2) is 0 Å². The van der Waals surface area contributed by atoms with Crippen LogP contribution in [0.1, 0.15) is 76.9 Å². The maximum atomic E-state index is 12.6. The number of aryl methyl sites for hydroxylation is 1. The Bertz CT molecular complexity index is 1190. The van der Waals surface area contributed by atoms with Crippen molar-refractivity contribution in [2.45, 2.75) is 85.1 Å². The molecule has 0 N–H and O–H groups in total. The van der Waals surface area contributed by atoms with E-state index in [9.17, 15) is 13.2 Å². The Kier molecular flexibility index (Phi) is 8.72. The van der Waals surface area contributed by atoms with Crippen LogP contribution in [0.4, 0.5) is 13.2 Å². The van der Waals surface area contributed by atoms with Crippen LogP contribution >= 0.6 is 0 Å². The largest absolute Gasteiger partial charge is 0.433 e. The molecule has 2 aromatic heterocycles. The first-order valence-electron chi connectivity index (χ1n) is 14.3. The molecule has 2 saturated heterocycles. The van der Waals surface area contributed by atoms with Crippen molar-refractivity contribution < 1.29 is 13.2 Å². The van der Waals surface area contributed by atoms with E-state index in [0.29, 0.717) is 18.0 Å². The molecule has 2 aliphatic heterocycles. The molecule has 212 valence electrons. The van der Waals surface area contributed by atoms with Crippen LogP contribution in [0.5, 0.6) is 0 Å². The molecule has 4 bridgehead atoms. The second kappa shape index (κ2) is 11.5. The number of hydrogen-bond donors (Lipinski definition) is 0. The molecule has 2 fully saturated rings. The number of aromatic nitrogens is 2. The Balaban J connectivity index is 0.000000175. The van der Waals surface area contributed by atoms with Crippen LogP contribution < -0.4 is 0 Å². The highest BCUT2D eigenvalue weighted by Gasteiger charge is 2.44. The van der Waals surface area contributed by atoms with Gasteiger partial charge in [0.15, 0.2) is 0 Å². The molecule has 2 aromatic rings. The van der Waals surface area contributed by atoms with Gasteiger partial charge in [-0.1, -0.05) is 39.0 Å². The molecule has 4 heterocycles. The van der Waals surface area contributed by atoms with Crippen molar-refractivity contribution in [3.05, 3.63) is 71.3 Å². The zero-order chi connectivity index (χ0) is 28.5. The average molecular weight is 541 g/mol. The number of hydrogen-bond acceptors (Lipinski definition) is 4. The van der Waals surface area contributed by atoms with Crippen LogP contribution in [0.3, 0.4) is 0 Å². The molecule has 6 rings (SSSR count). The molecule has 0 aromatic carbocycles. The third-order valence-corrected chi connectivity index (χ3v) is 8.25. The fraction of sp³-hybridized carbons (Fsp3) is 0.562. The number of alkyl halides is 3. The molecule has 4 unspecified atom stereocenters. The van der Waals surface area contributed by atoms with Crippen molar-refractivity contribution in [2.75, 3.05) is 19.6 Å². The first kappa shape index (κ1) is 29.5. The zero-order valence-corrected chi connectivity index (χ0v) is 24.4. The van der Waals surface area contributed by atoms with Crippen molar-refractivity contribution in [1.29, 1.82) is 0 Å². The van der Waals surface area contributed by atoms with E-state index in [1.807, 2.05) is 20.0 Å². The predicted molar refractivity (Wildman–Crippen MR) is 153 cm³/mol. The van der Waals surface area contributed by atoms with E-state index in [1.165, 1.54) is 31.3 Å². The summed E-state index contributed by atoms with van der Waals surface area (Å²) in [6.07, 6.45) is 5.96. The number of pyridine rings is 2. The Morgan fingerprint density at radius 3 is 2.18 bits per heavy atom. The minimum atomic E-state index is -4.38. The van der Waals surface area contributed by atoms with Crippen LogP contribution in [0.2, 0.25) is 0 Å². The molecule has 2 aliphatic carbocycles. The van der Waals surface area contributed by atoms with Gasteiger partial charge in [-0.2, -0.15) is 13.2 Å². The summed E-state index contributed by atoms with van der Waals surface area (Å²) in [5.74, 6) is 1.26. The summed E-state index contributed by atoms with van der Waals surface area (Å²) >= 11 is 0. The minimum Gasteiger partial charge on any atom is -0.297 e. The van der Waals surface area contributed by atoms with Crippen molar-refractivity contribution >= 4 is 11.1 Å². The lowest BCUT2D eigenvalue weighted by Crippen LogP contribution is -2.46. The van der Waals surface area contributed by atoms with Crippen LogP contribution in [0.25, 0.3) is 11.1 Å². The van der Waals surface area contributed by atoms with Crippen molar-refractivity contribution in [3.63, 3.8) is 0 Å². The van der Waals surface area contributed by atoms with E-state index in [2.05, 4.69) is 78.7 Å². The molecule has 0 radical (unpaired) electrons. The van der Waals surface area contributed by atoms with Crippen molar-refractivity contribution in [2.24, 2.45) is 11.8 Å². The molecular formula is C32H43F3N4. The predicted octanol–water partition coefficient (Wildman–Crippen LogP) is 7.51. The van der Waals surface area contributed by atoms with Gasteiger partial charge in [0.2, 0.25) is 0 Å². The second-order valence-electron chi connectivity index (χ2n) is 11.8. The summed E-state index contributed by atoms with van der Waals surface area (Å²) in [6, 6.07) is 7.97. The maximum absolute atomic E-state index is 12.6. The van der Waals surface area contributed by atoms with Gasteiger partial charge in [0.05, 0.1) is 0 Å². The van der Waals surface area contributed by atoms with Gasteiger partial charge in [-0.05, 0) is 99.4 Å². The molecule has 4 aliphatic rings. The number of fused-ring (bicyclic) bond motifs is 4. The van der Waals surface area contributed by atoms with Gasteiger partial charge in [0.1, 0.15) is 5.69 Å². The smallest absolute Gasteiger partial charge is 0.297 e. The summed E-state index contributed by atoms with van der Waals surface area (Å²) in [6.45, 7) is 18.3. The highest BCUT2D eigenvalue weighted by Crippen LogP contribution is 2.45. The number of likely N-dealkylation sites (N-methyl/N-ethyl adjacent to an activating group) is 1. The molecule has 0 amide bonds. The molecule has 4 nitrogen and oxygen atoms in total. The number of rotatable bonds is 3. The van der Waals surface area contributed by atoms with Crippen molar-refractivity contribution in [1.82, 2.24) is 19.8 Å². The lowest BCUT2D eigenvalue weighted by atomic mass is 9.95. The summed E-state index contributed by atoms with van der Waals surface area (Å²) < 4.78 is 37.7. The monoisotopic (exact) mass is 540 g/mol. The fourth-order valence-corrected chi connectivity index (χ4v) is 6.51. The van der Waals surface area contributed by atoms with Gasteiger partial charge in [0, 0.05) is 48.8 Å². The zero-order valence-electron chi connectivity index (χ0n) is 24.4. The van der Waals surface area contributed by atoms with Crippen LogP contribution in [0, 0.1) is 18.8 Å². The first-order chi connectivity index (χ1) is 18.4. The lowest BCUT2D eigenvalue weighted by molar-refractivity contribution is -0.141. The summed E-state index contributed by atoms with van der Waals surface area (Å²) in [5.41, 5.74) is 5.23. The SMILES string of the molecule is CC.CC(C)(C)N1CC2C=C(c3ccc(C(F)(F)F)nc3)C1C2.CCN1CC2CC1C=C2c1ccnc(C)c1. The number of halogens is 3. The highest BCUT2D eigenvalue weighted by atomic mass is 19.4. The molecular weight excluding hydrogens is 497 g/mol. The Hall–Kier alpha value is -2.51. The van der Waals surface area contributed by atoms with E-state index >= 15 is 0 Å². The Morgan fingerprint density at radius 2 is 1.67 bits per heavy atom. The van der Waals surface area contributed by atoms with Gasteiger partial charge in [-0.15, -0.1) is 0 Å². The molecule has 0 spiro atoms. The number of likely N-dealkylation sites (tertiary alicyclic amines) is 2. The average Bonchev–Trinajstić information content (AvgIpc) is 3.70. The maximum Gasteiger partial charge on any atom is 0.433 e. The highest BCUT2D eigenvalue weighted by molar-refractivity contribution is 5.73. The first-order valence-corrected chi connectivity index (χ1v) is 14.3. The summed E-state index contributed by atoms with van der Waals surface area (Å²) in [7, 11) is 0. The molecule has 4 atom stereocenters. The summed E-state index contributed by atoms with van der Waals surface area (Å²) in [5, 5.41) is 0. The van der Waals surface area contributed by atoms with Gasteiger partial charge in [-0.3, -0.25) is 19.8 Å². The van der Waals surface area contributed by atoms with E-state index in [-0.39, 0.29) is 5.54 Å². The van der Waals surface area contributed by atoms with Gasteiger partial charge >= 0.3 is 6.18 Å². The summed E-state index contributed by atoms with van der Waals surface area (Å²) in [4.78, 5) is 12.9. The van der Waals surface area contributed by atoms with Gasteiger partial charge < -0.3 is 0 Å². The fourth-order valence-electron chi connectivity index (χ4n) is 6.51. The van der Waals surface area contributed by atoms with Crippen LogP contribution in [-0.4, -0.2) is 57.0 Å². The lowest BCUT2D eigenvalue weighted by Gasteiger charge is -2.39. The van der Waals surface area contributed by atoms with Crippen LogP contribution in [-0.2, 0) is 6.18 Å². The number of nitrogens with zero attached hydrogens (tertiary/aromatic N) is 4. The van der Waals surface area contributed by atoms with E-state index in [4.69, 9.17) is 0 Å². The molecule has 0 saturated carbocycles. The normalized spacial score (nSPS) is 26.0. The van der Waals surface area contributed by atoms with Crippen LogP contribution in [0.15, 0.2) is 48.8 Å². The van der Waals surface area contributed by atoms with E-state index in [0.717, 1.165) is 41.8 Å². The minimum absolute atomic E-state index is 0.0677. The van der Waals surface area contributed by atoms with Crippen molar-refractivity contribution in [3.8, 4) is 0 Å². The van der Waals surface area contributed by atoms with Gasteiger partial charge in [0.25, 0.3) is 0 Å². The standard InChI is InChI=1S/C16H19F3N2.C14H18N2.C2H6/c1-15(2,3)21-9-10-6-12(13(21)7-10)11-4-5-14(20-8-11)16(17,18)19;1-3-16-9-12-7-13(16)8-14(12)11-4-5-15-10(2)6-11;1-2/h4-6,8,10,13H,7,9H2,1-3H3;4-6,8,12-13H,3,7,9H2,1-2H3;1-2H3. The topological polar surface area (TPSA) is 32.3 Å². The third kappa shape index (κ3) is 6.30. The molecule has 7 heteroatoms. The molecule has 39 heavy (non-hydrogen) atoms. The van der Waals surface area contributed by atoms with E-state index in [1.54, 1.807) is 11.6 Å². The van der Waals surface area contributed by atoms with E-state index < -0.39 is 11.9 Å². The Morgan fingerprint density at radius 1 is 0.923 bits per heavy atom. The third-order valence-electron chi connectivity index (χ3n) is 8.25. The Labute approximate surface area is 232 Å². The second-order valence-corrected chi connectivity index (χ2v) is 11.8.